The van der Waals surface area contributed by atoms with Gasteiger partial charge in [0.2, 0.25) is 5.91 Å². The van der Waals surface area contributed by atoms with Crippen LogP contribution in [0.4, 0.5) is 10.5 Å². The lowest BCUT2D eigenvalue weighted by atomic mass is 9.46. The minimum Gasteiger partial charge on any atom is -0.497 e. The molecular formula is C28H42N2O8. The summed E-state index contributed by atoms with van der Waals surface area (Å²) in [5.74, 6) is 0.839. The van der Waals surface area contributed by atoms with Gasteiger partial charge in [0.05, 0.1) is 45.8 Å². The van der Waals surface area contributed by atoms with Crippen LogP contribution in [0.25, 0.3) is 0 Å². The van der Waals surface area contributed by atoms with Gasteiger partial charge in [0.15, 0.2) is 0 Å². The number of hydrogen-bond acceptors (Lipinski definition) is 8. The summed E-state index contributed by atoms with van der Waals surface area (Å²) in [5, 5.41) is 24.5. The van der Waals surface area contributed by atoms with E-state index < -0.39 is 23.7 Å². The van der Waals surface area contributed by atoms with E-state index in [1.807, 2.05) is 11.8 Å². The topological polar surface area (TPSA) is 127 Å². The molecule has 0 spiro atoms. The van der Waals surface area contributed by atoms with Crippen LogP contribution in [0.15, 0.2) is 18.2 Å². The Bertz CT molecular complexity index is 977. The van der Waals surface area contributed by atoms with E-state index in [2.05, 4.69) is 12.2 Å². The molecule has 0 radical (unpaired) electrons. The maximum atomic E-state index is 13.1. The van der Waals surface area contributed by atoms with Gasteiger partial charge >= 0.3 is 6.09 Å². The third-order valence-electron chi connectivity index (χ3n) is 9.28. The van der Waals surface area contributed by atoms with E-state index in [0.717, 1.165) is 0 Å². The molecule has 2 saturated carbocycles. The van der Waals surface area contributed by atoms with Crippen LogP contribution in [0.5, 0.6) is 11.5 Å². The molecule has 10 nitrogen and oxygen atoms in total. The highest BCUT2D eigenvalue weighted by Gasteiger charge is 2.60. The summed E-state index contributed by atoms with van der Waals surface area (Å²) in [7, 11) is 3.07. The SMILES string of the molecule is COc1cc(NC(=O)OC2CCC3(C)C(CC(=O)N4CCOCC4)C(O)CCC3C2(C)CO)cc(OC)c1. The van der Waals surface area contributed by atoms with E-state index in [1.165, 1.54) is 14.2 Å². The van der Waals surface area contributed by atoms with Crippen molar-refractivity contribution in [1.82, 2.24) is 4.90 Å². The smallest absolute Gasteiger partial charge is 0.411 e. The van der Waals surface area contributed by atoms with Crippen molar-refractivity contribution in [2.45, 2.75) is 58.2 Å². The first-order chi connectivity index (χ1) is 18.1. The highest BCUT2D eigenvalue weighted by Crippen LogP contribution is 2.61. The summed E-state index contributed by atoms with van der Waals surface area (Å²) in [5.41, 5.74) is -0.634. The van der Waals surface area contributed by atoms with Gasteiger partial charge in [-0.2, -0.15) is 0 Å². The van der Waals surface area contributed by atoms with Crippen LogP contribution in [0.2, 0.25) is 0 Å². The maximum absolute atomic E-state index is 13.1. The largest absolute Gasteiger partial charge is 0.497 e. The summed E-state index contributed by atoms with van der Waals surface area (Å²) < 4.78 is 21.9. The van der Waals surface area contributed by atoms with Crippen LogP contribution in [-0.4, -0.2) is 86.5 Å². The molecular weight excluding hydrogens is 492 g/mol. The lowest BCUT2D eigenvalue weighted by molar-refractivity contribution is -0.187. The van der Waals surface area contributed by atoms with Crippen molar-refractivity contribution in [2.24, 2.45) is 22.7 Å². The second kappa shape index (κ2) is 11.7. The highest BCUT2D eigenvalue weighted by molar-refractivity contribution is 5.85. The first-order valence-corrected chi connectivity index (χ1v) is 13.5. The number of benzene rings is 1. The van der Waals surface area contributed by atoms with Crippen LogP contribution in [0.1, 0.15) is 46.0 Å². The minimum absolute atomic E-state index is 0.0330. The first-order valence-electron chi connectivity index (χ1n) is 13.5. The molecule has 1 saturated heterocycles. The van der Waals surface area contributed by atoms with Gasteiger partial charge in [0.1, 0.15) is 17.6 Å². The van der Waals surface area contributed by atoms with Gasteiger partial charge < -0.3 is 34.1 Å². The van der Waals surface area contributed by atoms with Crippen LogP contribution in [0.3, 0.4) is 0 Å². The summed E-state index contributed by atoms with van der Waals surface area (Å²) in [6.45, 7) is 6.12. The molecule has 1 heterocycles. The fourth-order valence-electron chi connectivity index (χ4n) is 7.07. The van der Waals surface area contributed by atoms with Crippen LogP contribution < -0.4 is 14.8 Å². The normalized spacial score (nSPS) is 33.2. The predicted octanol–water partition coefficient (Wildman–Crippen LogP) is 3.06. The Morgan fingerprint density at radius 2 is 1.74 bits per heavy atom. The number of morpholine rings is 1. The molecule has 212 valence electrons. The van der Waals surface area contributed by atoms with Crippen molar-refractivity contribution in [2.75, 3.05) is 52.4 Å². The van der Waals surface area contributed by atoms with Gasteiger partial charge in [0, 0.05) is 43.1 Å². The number of anilines is 1. The zero-order chi connectivity index (χ0) is 27.5. The molecule has 3 aliphatic rings. The number of carbonyl (C=O) groups is 2. The van der Waals surface area contributed by atoms with Gasteiger partial charge in [-0.05, 0) is 42.9 Å². The zero-order valence-electron chi connectivity index (χ0n) is 22.9. The van der Waals surface area contributed by atoms with Crippen LogP contribution in [-0.2, 0) is 14.3 Å². The maximum Gasteiger partial charge on any atom is 0.411 e. The zero-order valence-corrected chi connectivity index (χ0v) is 22.9. The molecule has 1 aromatic rings. The van der Waals surface area contributed by atoms with Gasteiger partial charge in [-0.3, -0.25) is 10.1 Å². The van der Waals surface area contributed by atoms with Crippen molar-refractivity contribution in [3.8, 4) is 11.5 Å². The van der Waals surface area contributed by atoms with Crippen molar-refractivity contribution < 1.29 is 38.7 Å². The average Bonchev–Trinajstić information content (AvgIpc) is 2.92. The summed E-state index contributed by atoms with van der Waals surface area (Å²) in [6.07, 6.45) is 0.953. The lowest BCUT2D eigenvalue weighted by Gasteiger charge is -2.60. The van der Waals surface area contributed by atoms with E-state index in [9.17, 15) is 19.8 Å². The number of aliphatic hydroxyl groups is 2. The quantitative estimate of drug-likeness (QED) is 0.487. The summed E-state index contributed by atoms with van der Waals surface area (Å²) >= 11 is 0. The van der Waals surface area contributed by atoms with Crippen molar-refractivity contribution >= 4 is 17.7 Å². The molecule has 6 unspecified atom stereocenters. The number of amides is 2. The Morgan fingerprint density at radius 3 is 2.34 bits per heavy atom. The number of rotatable bonds is 7. The molecule has 1 aromatic carbocycles. The van der Waals surface area contributed by atoms with Gasteiger partial charge in [0.25, 0.3) is 0 Å². The number of nitrogens with one attached hydrogen (secondary N) is 1. The molecule has 0 bridgehead atoms. The molecule has 38 heavy (non-hydrogen) atoms. The van der Waals surface area contributed by atoms with Crippen LogP contribution >= 0.6 is 0 Å². The Balaban J connectivity index is 1.49. The van der Waals surface area contributed by atoms with E-state index >= 15 is 0 Å². The van der Waals surface area contributed by atoms with E-state index in [0.29, 0.717) is 69.2 Å². The monoisotopic (exact) mass is 534 g/mol. The Labute approximate surface area is 224 Å². The molecule has 1 aliphatic heterocycles. The van der Waals surface area contributed by atoms with E-state index in [-0.39, 0.29) is 36.2 Å². The summed E-state index contributed by atoms with van der Waals surface area (Å²) in [6, 6.07) is 5.05. The second-order valence-corrected chi connectivity index (χ2v) is 11.3. The molecule has 2 amide bonds. The van der Waals surface area contributed by atoms with Crippen molar-refractivity contribution in [1.29, 1.82) is 0 Å². The number of methoxy groups -OCH3 is 2. The predicted molar refractivity (Wildman–Crippen MR) is 140 cm³/mol. The molecule has 6 atom stereocenters. The molecule has 3 fully saturated rings. The molecule has 0 aromatic heterocycles. The molecule has 10 heteroatoms. The molecule has 3 N–H and O–H groups in total. The Morgan fingerprint density at radius 1 is 1.08 bits per heavy atom. The lowest BCUT2D eigenvalue weighted by Crippen LogP contribution is -2.61. The van der Waals surface area contributed by atoms with Crippen molar-refractivity contribution in [3.05, 3.63) is 18.2 Å². The fraction of sp³-hybridized carbons (Fsp3) is 0.714. The van der Waals surface area contributed by atoms with E-state index in [4.69, 9.17) is 18.9 Å². The van der Waals surface area contributed by atoms with Crippen molar-refractivity contribution in [3.63, 3.8) is 0 Å². The average molecular weight is 535 g/mol. The standard InChI is InChI=1S/C28H42N2O8/c1-27-8-7-24(38-26(34)29-18-13-19(35-3)15-20(14-18)36-4)28(2,17-31)23(27)6-5-22(32)21(27)16-25(33)30-9-11-37-12-10-30/h13-15,21-24,31-32H,5-12,16-17H2,1-4H3,(H,29,34). The Hall–Kier alpha value is -2.56. The minimum atomic E-state index is -0.725. The first kappa shape index (κ1) is 28.4. The van der Waals surface area contributed by atoms with Gasteiger partial charge in [-0.15, -0.1) is 0 Å². The third-order valence-corrected chi connectivity index (χ3v) is 9.28. The summed E-state index contributed by atoms with van der Waals surface area (Å²) in [4.78, 5) is 27.9. The number of fused-ring (bicyclic) bond motifs is 1. The second-order valence-electron chi connectivity index (χ2n) is 11.3. The number of carbonyl (C=O) groups excluding carboxylic acids is 2. The number of nitrogens with zero attached hydrogens (tertiary/aromatic N) is 1. The number of ether oxygens (including phenoxy) is 4. The van der Waals surface area contributed by atoms with E-state index in [1.54, 1.807) is 18.2 Å². The molecule has 2 aliphatic carbocycles. The fourth-order valence-corrected chi connectivity index (χ4v) is 7.07. The van der Waals surface area contributed by atoms with Gasteiger partial charge in [-0.25, -0.2) is 4.79 Å². The highest BCUT2D eigenvalue weighted by atomic mass is 16.6. The number of aliphatic hydroxyl groups excluding tert-OH is 2. The number of hydrogen-bond donors (Lipinski definition) is 3. The van der Waals surface area contributed by atoms with Crippen LogP contribution in [0, 0.1) is 22.7 Å². The molecule has 4 rings (SSSR count). The third kappa shape index (κ3) is 5.58. The van der Waals surface area contributed by atoms with Gasteiger partial charge in [-0.1, -0.05) is 13.8 Å². The Kier molecular flexibility index (Phi) is 8.74.